The van der Waals surface area contributed by atoms with E-state index in [1.54, 1.807) is 6.92 Å². The number of carbonyl (C=O) groups excluding carboxylic acids is 2. The van der Waals surface area contributed by atoms with Crippen molar-refractivity contribution in [3.8, 4) is 0 Å². The smallest absolute Gasteiger partial charge is 0.341 e. The molecule has 0 N–H and O–H groups in total. The number of carbonyl (C=O) groups is 2. The first-order chi connectivity index (χ1) is 8.17. The van der Waals surface area contributed by atoms with Crippen LogP contribution in [-0.4, -0.2) is 28.2 Å². The Labute approximate surface area is 102 Å². The van der Waals surface area contributed by atoms with Gasteiger partial charge in [0.25, 0.3) is 0 Å². The van der Waals surface area contributed by atoms with Gasteiger partial charge < -0.3 is 4.74 Å². The molecule has 0 aliphatic carbocycles. The zero-order valence-electron chi connectivity index (χ0n) is 9.01. The zero-order valence-corrected chi connectivity index (χ0v) is 9.77. The molecule has 2 rings (SSSR count). The maximum atomic E-state index is 11.7. The molecular formula is C11H9ClN2O3. The molecule has 88 valence electrons. The first-order valence-electron chi connectivity index (χ1n) is 4.96. The molecular weight excluding hydrogens is 244 g/mol. The Balaban J connectivity index is 2.66. The summed E-state index contributed by atoms with van der Waals surface area (Å²) < 4.78 is 6.35. The maximum Gasteiger partial charge on any atom is 0.341 e. The fourth-order valence-electron chi connectivity index (χ4n) is 1.52. The van der Waals surface area contributed by atoms with Crippen molar-refractivity contribution in [1.29, 1.82) is 0 Å². The summed E-state index contributed by atoms with van der Waals surface area (Å²) in [6.07, 6.45) is 3.54. The normalized spacial score (nSPS) is 10.5. The third kappa shape index (κ3) is 2.01. The van der Waals surface area contributed by atoms with Crippen LogP contribution in [0, 0.1) is 0 Å². The highest BCUT2D eigenvalue weighted by Crippen LogP contribution is 2.18. The van der Waals surface area contributed by atoms with Crippen LogP contribution in [0.15, 0.2) is 18.5 Å². The maximum absolute atomic E-state index is 11.7. The number of halogens is 1. The van der Waals surface area contributed by atoms with E-state index in [0.717, 1.165) is 0 Å². The number of nitrogens with zero attached hydrogens (tertiary/aromatic N) is 2. The van der Waals surface area contributed by atoms with Crippen molar-refractivity contribution < 1.29 is 14.3 Å². The number of esters is 1. The monoisotopic (exact) mass is 252 g/mol. The number of pyridine rings is 1. The summed E-state index contributed by atoms with van der Waals surface area (Å²) in [5.41, 5.74) is 0.926. The molecule has 0 unspecified atom stereocenters. The van der Waals surface area contributed by atoms with Gasteiger partial charge in [0.2, 0.25) is 0 Å². The van der Waals surface area contributed by atoms with Crippen molar-refractivity contribution in [3.63, 3.8) is 0 Å². The molecule has 0 aliphatic heterocycles. The van der Waals surface area contributed by atoms with Crippen LogP contribution in [0.3, 0.4) is 0 Å². The summed E-state index contributed by atoms with van der Waals surface area (Å²) in [6.45, 7) is 1.97. The third-order valence-electron chi connectivity index (χ3n) is 2.22. The van der Waals surface area contributed by atoms with E-state index in [-0.39, 0.29) is 12.2 Å². The van der Waals surface area contributed by atoms with Crippen molar-refractivity contribution >= 4 is 29.5 Å². The number of aromatic nitrogens is 2. The molecule has 0 radical (unpaired) electrons. The van der Waals surface area contributed by atoms with Gasteiger partial charge in [-0.3, -0.25) is 9.20 Å². The standard InChI is InChI=1S/C11H9ClN2O3/c1-2-17-11(16)9-3-7(12)5-14-8(6-15)4-13-10(9)14/h3-6H,2H2,1H3. The molecule has 0 spiro atoms. The van der Waals surface area contributed by atoms with Crippen molar-refractivity contribution in [3.05, 3.63) is 34.7 Å². The first kappa shape index (κ1) is 11.6. The Morgan fingerprint density at radius 3 is 3.06 bits per heavy atom. The third-order valence-corrected chi connectivity index (χ3v) is 2.42. The number of fused-ring (bicyclic) bond motifs is 1. The lowest BCUT2D eigenvalue weighted by Crippen LogP contribution is -2.07. The molecule has 0 saturated carbocycles. The van der Waals surface area contributed by atoms with E-state index in [4.69, 9.17) is 16.3 Å². The molecule has 0 saturated heterocycles. The molecule has 0 aliphatic rings. The summed E-state index contributed by atoms with van der Waals surface area (Å²) in [4.78, 5) is 26.5. The number of aldehydes is 1. The second kappa shape index (κ2) is 4.55. The molecule has 0 aromatic carbocycles. The van der Waals surface area contributed by atoms with Gasteiger partial charge in [0.15, 0.2) is 11.9 Å². The van der Waals surface area contributed by atoms with Crippen molar-refractivity contribution in [2.45, 2.75) is 6.92 Å². The average molecular weight is 253 g/mol. The largest absolute Gasteiger partial charge is 0.462 e. The van der Waals surface area contributed by atoms with Crippen LogP contribution in [0.25, 0.3) is 5.65 Å². The summed E-state index contributed by atoms with van der Waals surface area (Å²) in [5.74, 6) is -0.511. The second-order valence-electron chi connectivity index (χ2n) is 3.29. The molecule has 2 aromatic heterocycles. The summed E-state index contributed by atoms with van der Waals surface area (Å²) in [5, 5.41) is 0.335. The lowest BCUT2D eigenvalue weighted by Gasteiger charge is -2.04. The summed E-state index contributed by atoms with van der Waals surface area (Å²) in [6, 6.07) is 1.47. The predicted molar refractivity (Wildman–Crippen MR) is 61.5 cm³/mol. The highest BCUT2D eigenvalue weighted by Gasteiger charge is 2.15. The first-order valence-corrected chi connectivity index (χ1v) is 5.34. The highest BCUT2D eigenvalue weighted by molar-refractivity contribution is 6.31. The van der Waals surface area contributed by atoms with Crippen molar-refractivity contribution in [1.82, 2.24) is 9.38 Å². The van der Waals surface area contributed by atoms with Gasteiger partial charge >= 0.3 is 5.97 Å². The van der Waals surface area contributed by atoms with Gasteiger partial charge in [-0.2, -0.15) is 0 Å². The van der Waals surface area contributed by atoms with Gasteiger partial charge in [-0.05, 0) is 13.0 Å². The van der Waals surface area contributed by atoms with Crippen LogP contribution in [-0.2, 0) is 4.74 Å². The molecule has 0 atom stereocenters. The fourth-order valence-corrected chi connectivity index (χ4v) is 1.72. The molecule has 6 heteroatoms. The van der Waals surface area contributed by atoms with Crippen LogP contribution in [0.5, 0.6) is 0 Å². The van der Waals surface area contributed by atoms with Gasteiger partial charge in [-0.25, -0.2) is 9.78 Å². The zero-order chi connectivity index (χ0) is 12.4. The van der Waals surface area contributed by atoms with E-state index < -0.39 is 5.97 Å². The van der Waals surface area contributed by atoms with E-state index in [9.17, 15) is 9.59 Å². The Morgan fingerprint density at radius 2 is 2.41 bits per heavy atom. The molecule has 2 aromatic rings. The Bertz CT molecular complexity index is 592. The minimum Gasteiger partial charge on any atom is -0.462 e. The summed E-state index contributed by atoms with van der Waals surface area (Å²) >= 11 is 5.88. The Morgan fingerprint density at radius 1 is 1.65 bits per heavy atom. The molecule has 17 heavy (non-hydrogen) atoms. The predicted octanol–water partition coefficient (Wildman–Crippen LogP) is 1.98. The second-order valence-corrected chi connectivity index (χ2v) is 3.72. The Kier molecular flexibility index (Phi) is 3.10. The minimum atomic E-state index is -0.511. The summed E-state index contributed by atoms with van der Waals surface area (Å²) in [7, 11) is 0. The molecule has 0 amide bonds. The van der Waals surface area contributed by atoms with Crippen LogP contribution in [0.4, 0.5) is 0 Å². The average Bonchev–Trinajstić information content (AvgIpc) is 2.71. The number of rotatable bonds is 3. The SMILES string of the molecule is CCOC(=O)c1cc(Cl)cn2c(C=O)cnc12. The lowest BCUT2D eigenvalue weighted by molar-refractivity contribution is 0.0528. The topological polar surface area (TPSA) is 60.7 Å². The number of ether oxygens (including phenoxy) is 1. The van der Waals surface area contributed by atoms with Crippen molar-refractivity contribution in [2.75, 3.05) is 6.61 Å². The van der Waals surface area contributed by atoms with E-state index in [1.807, 2.05) is 0 Å². The van der Waals surface area contributed by atoms with E-state index >= 15 is 0 Å². The molecule has 0 bridgehead atoms. The van der Waals surface area contributed by atoms with Crippen LogP contribution >= 0.6 is 11.6 Å². The van der Waals surface area contributed by atoms with E-state index in [2.05, 4.69) is 4.98 Å². The van der Waals surface area contributed by atoms with Crippen LogP contribution in [0.2, 0.25) is 5.02 Å². The van der Waals surface area contributed by atoms with Gasteiger partial charge in [0.1, 0.15) is 11.3 Å². The quantitative estimate of drug-likeness (QED) is 0.619. The molecule has 5 nitrogen and oxygen atoms in total. The van der Waals surface area contributed by atoms with Gasteiger partial charge in [-0.1, -0.05) is 11.6 Å². The highest BCUT2D eigenvalue weighted by atomic mass is 35.5. The minimum absolute atomic E-state index is 0.243. The fraction of sp³-hybridized carbons (Fsp3) is 0.182. The van der Waals surface area contributed by atoms with Crippen LogP contribution in [0.1, 0.15) is 27.8 Å². The van der Waals surface area contributed by atoms with Gasteiger partial charge in [0.05, 0.1) is 17.8 Å². The molecule has 2 heterocycles. The van der Waals surface area contributed by atoms with E-state index in [0.29, 0.717) is 22.6 Å². The number of hydrogen-bond donors (Lipinski definition) is 0. The van der Waals surface area contributed by atoms with E-state index in [1.165, 1.54) is 22.9 Å². The van der Waals surface area contributed by atoms with Crippen LogP contribution < -0.4 is 0 Å². The van der Waals surface area contributed by atoms with Crippen molar-refractivity contribution in [2.24, 2.45) is 0 Å². The van der Waals surface area contributed by atoms with Gasteiger partial charge in [-0.15, -0.1) is 0 Å². The number of hydrogen-bond acceptors (Lipinski definition) is 4. The Hall–Kier alpha value is -1.88. The lowest BCUT2D eigenvalue weighted by atomic mass is 10.2. The molecule has 0 fully saturated rings. The number of imidazole rings is 1. The van der Waals surface area contributed by atoms with Gasteiger partial charge in [0, 0.05) is 6.20 Å².